The minimum atomic E-state index is 0.00537. The number of ether oxygens (including phenoxy) is 1. The molecule has 7 heteroatoms. The van der Waals surface area contributed by atoms with Gasteiger partial charge in [0.15, 0.2) is 11.0 Å². The second-order valence-electron chi connectivity index (χ2n) is 7.06. The topological polar surface area (TPSA) is 69.0 Å². The summed E-state index contributed by atoms with van der Waals surface area (Å²) in [6.07, 6.45) is 1.75. The summed E-state index contributed by atoms with van der Waals surface area (Å²) < 4.78 is 7.60. The number of carbonyl (C=O) groups excluding carboxylic acids is 1. The van der Waals surface area contributed by atoms with Crippen LogP contribution in [-0.4, -0.2) is 39.6 Å². The van der Waals surface area contributed by atoms with E-state index in [0.717, 1.165) is 35.1 Å². The van der Waals surface area contributed by atoms with Crippen LogP contribution in [0.1, 0.15) is 25.8 Å². The molecule has 0 aliphatic rings. The fourth-order valence-electron chi connectivity index (χ4n) is 3.06. The van der Waals surface area contributed by atoms with Crippen LogP contribution in [0.15, 0.2) is 59.8 Å². The molecule has 0 fully saturated rings. The Labute approximate surface area is 182 Å². The second-order valence-corrected chi connectivity index (χ2v) is 8.00. The Morgan fingerprint density at radius 1 is 1.13 bits per heavy atom. The van der Waals surface area contributed by atoms with E-state index in [0.29, 0.717) is 12.3 Å². The van der Waals surface area contributed by atoms with Gasteiger partial charge in [-0.25, -0.2) is 0 Å². The Kier molecular flexibility index (Phi) is 7.90. The number of carbonyl (C=O) groups is 1. The highest BCUT2D eigenvalue weighted by Gasteiger charge is 2.18. The number of nitrogens with zero attached hydrogens (tertiary/aromatic N) is 3. The van der Waals surface area contributed by atoms with Crippen molar-refractivity contribution in [3.05, 3.63) is 60.2 Å². The monoisotopic (exact) mass is 424 g/mol. The normalized spacial score (nSPS) is 11.8. The number of nitrogens with one attached hydrogen (secondary N) is 1. The summed E-state index contributed by atoms with van der Waals surface area (Å²) in [5, 5.41) is 12.6. The van der Waals surface area contributed by atoms with Crippen LogP contribution in [0, 0.1) is 0 Å². The number of hydrogen-bond acceptors (Lipinski definition) is 5. The molecule has 158 valence electrons. The average molecular weight is 425 g/mol. The predicted octanol–water partition coefficient (Wildman–Crippen LogP) is 4.20. The maximum absolute atomic E-state index is 12.2. The molecule has 0 aliphatic heterocycles. The molecule has 6 nitrogen and oxygen atoms in total. The first-order chi connectivity index (χ1) is 14.6. The lowest BCUT2D eigenvalue weighted by Crippen LogP contribution is -2.33. The highest BCUT2D eigenvalue weighted by molar-refractivity contribution is 7.99. The average Bonchev–Trinajstić information content (AvgIpc) is 3.19. The van der Waals surface area contributed by atoms with Crippen molar-refractivity contribution in [2.24, 2.45) is 0 Å². The van der Waals surface area contributed by atoms with Crippen LogP contribution in [0.2, 0.25) is 0 Å². The van der Waals surface area contributed by atoms with Crippen LogP contribution >= 0.6 is 11.8 Å². The summed E-state index contributed by atoms with van der Waals surface area (Å²) in [6.45, 7) is 4.77. The van der Waals surface area contributed by atoms with Gasteiger partial charge in [0.1, 0.15) is 5.75 Å². The first kappa shape index (κ1) is 21.9. The Balaban J connectivity index is 1.84. The third kappa shape index (κ3) is 5.63. The van der Waals surface area contributed by atoms with E-state index in [2.05, 4.69) is 39.1 Å². The highest BCUT2D eigenvalue weighted by Crippen LogP contribution is 2.31. The van der Waals surface area contributed by atoms with Gasteiger partial charge in [-0.15, -0.1) is 10.2 Å². The molecule has 1 aromatic heterocycles. The molecule has 1 N–H and O–H groups in total. The van der Waals surface area contributed by atoms with Gasteiger partial charge in [0.25, 0.3) is 0 Å². The smallest absolute Gasteiger partial charge is 0.230 e. The Hall–Kier alpha value is -2.80. The van der Waals surface area contributed by atoms with E-state index in [1.54, 1.807) is 7.11 Å². The van der Waals surface area contributed by atoms with Crippen molar-refractivity contribution in [1.29, 1.82) is 0 Å². The van der Waals surface area contributed by atoms with Gasteiger partial charge in [-0.05, 0) is 37.5 Å². The van der Waals surface area contributed by atoms with Gasteiger partial charge in [-0.3, -0.25) is 4.79 Å². The van der Waals surface area contributed by atoms with Crippen molar-refractivity contribution in [2.75, 3.05) is 12.9 Å². The van der Waals surface area contributed by atoms with E-state index >= 15 is 0 Å². The zero-order chi connectivity index (χ0) is 21.3. The molecule has 30 heavy (non-hydrogen) atoms. The van der Waals surface area contributed by atoms with Crippen LogP contribution in [0.25, 0.3) is 11.4 Å². The van der Waals surface area contributed by atoms with Gasteiger partial charge in [-0.2, -0.15) is 0 Å². The van der Waals surface area contributed by atoms with Crippen LogP contribution in [0.5, 0.6) is 5.75 Å². The third-order valence-corrected chi connectivity index (χ3v) is 5.85. The summed E-state index contributed by atoms with van der Waals surface area (Å²) >= 11 is 1.41. The quantitative estimate of drug-likeness (QED) is 0.494. The van der Waals surface area contributed by atoms with Crippen molar-refractivity contribution >= 4 is 17.7 Å². The van der Waals surface area contributed by atoms with E-state index in [1.165, 1.54) is 17.3 Å². The van der Waals surface area contributed by atoms with E-state index in [1.807, 2.05) is 49.4 Å². The summed E-state index contributed by atoms with van der Waals surface area (Å²) in [5.41, 5.74) is 2.12. The summed E-state index contributed by atoms with van der Waals surface area (Å²) in [6, 6.07) is 18.3. The second kappa shape index (κ2) is 10.8. The maximum Gasteiger partial charge on any atom is 0.230 e. The van der Waals surface area contributed by atoms with Gasteiger partial charge < -0.3 is 14.6 Å². The van der Waals surface area contributed by atoms with Crippen molar-refractivity contribution in [3.8, 4) is 17.1 Å². The lowest BCUT2D eigenvalue weighted by atomic mass is 10.1. The number of thioether (sulfide) groups is 1. The predicted molar refractivity (Wildman–Crippen MR) is 121 cm³/mol. The van der Waals surface area contributed by atoms with E-state index in [-0.39, 0.29) is 11.9 Å². The minimum absolute atomic E-state index is 0.00537. The maximum atomic E-state index is 12.2. The Bertz CT molecular complexity index is 959. The SMILES string of the molecule is CC[C@H](C)NC(=O)CSc1nnc(-c2ccccc2OC)n1CCc1ccccc1. The molecule has 1 heterocycles. The fraction of sp³-hybridized carbons (Fsp3) is 0.348. The van der Waals surface area contributed by atoms with Crippen molar-refractivity contribution in [1.82, 2.24) is 20.1 Å². The Morgan fingerprint density at radius 3 is 2.60 bits per heavy atom. The molecule has 1 amide bonds. The number of amides is 1. The highest BCUT2D eigenvalue weighted by atomic mass is 32.2. The zero-order valence-corrected chi connectivity index (χ0v) is 18.5. The molecule has 0 saturated heterocycles. The van der Waals surface area contributed by atoms with Gasteiger partial charge >= 0.3 is 0 Å². The number of rotatable bonds is 10. The van der Waals surface area contributed by atoms with E-state index < -0.39 is 0 Å². The summed E-state index contributed by atoms with van der Waals surface area (Å²) in [7, 11) is 1.65. The molecule has 3 rings (SSSR count). The number of para-hydroxylation sites is 1. The fourth-order valence-corrected chi connectivity index (χ4v) is 3.84. The largest absolute Gasteiger partial charge is 0.496 e. The molecular weight excluding hydrogens is 396 g/mol. The molecule has 2 aromatic carbocycles. The van der Waals surface area contributed by atoms with Crippen LogP contribution in [-0.2, 0) is 17.8 Å². The number of methoxy groups -OCH3 is 1. The van der Waals surface area contributed by atoms with E-state index in [4.69, 9.17) is 4.74 Å². The van der Waals surface area contributed by atoms with Crippen LogP contribution in [0.3, 0.4) is 0 Å². The van der Waals surface area contributed by atoms with Gasteiger partial charge in [0.05, 0.1) is 18.4 Å². The van der Waals surface area contributed by atoms with Gasteiger partial charge in [0, 0.05) is 12.6 Å². The number of benzene rings is 2. The molecular formula is C23H28N4O2S. The molecule has 1 atom stereocenters. The lowest BCUT2D eigenvalue weighted by molar-refractivity contribution is -0.119. The third-order valence-electron chi connectivity index (χ3n) is 4.88. The van der Waals surface area contributed by atoms with Crippen LogP contribution in [0.4, 0.5) is 0 Å². The van der Waals surface area contributed by atoms with Crippen molar-refractivity contribution in [2.45, 2.75) is 44.4 Å². The minimum Gasteiger partial charge on any atom is -0.496 e. The number of hydrogen-bond donors (Lipinski definition) is 1. The molecule has 0 bridgehead atoms. The first-order valence-corrected chi connectivity index (χ1v) is 11.1. The molecule has 0 aliphatic carbocycles. The molecule has 0 unspecified atom stereocenters. The van der Waals surface area contributed by atoms with Crippen molar-refractivity contribution in [3.63, 3.8) is 0 Å². The number of aromatic nitrogens is 3. The van der Waals surface area contributed by atoms with Gasteiger partial charge in [0.2, 0.25) is 5.91 Å². The zero-order valence-electron chi connectivity index (χ0n) is 17.7. The number of aryl methyl sites for hydroxylation is 1. The standard InChI is InChI=1S/C23H28N4O2S/c1-4-17(2)24-21(28)16-30-23-26-25-22(19-12-8-9-13-20(19)29-3)27(23)15-14-18-10-6-5-7-11-18/h5-13,17H,4,14-16H2,1-3H3,(H,24,28)/t17-/m0/s1. The molecule has 0 radical (unpaired) electrons. The summed E-state index contributed by atoms with van der Waals surface area (Å²) in [4.78, 5) is 12.2. The van der Waals surface area contributed by atoms with Gasteiger partial charge in [-0.1, -0.05) is 61.2 Å². The van der Waals surface area contributed by atoms with E-state index in [9.17, 15) is 4.79 Å². The van der Waals surface area contributed by atoms with Crippen LogP contribution < -0.4 is 10.1 Å². The summed E-state index contributed by atoms with van der Waals surface area (Å²) in [5.74, 6) is 1.80. The lowest BCUT2D eigenvalue weighted by Gasteiger charge is -2.13. The molecule has 0 saturated carbocycles. The molecule has 3 aromatic rings. The van der Waals surface area contributed by atoms with Crippen molar-refractivity contribution < 1.29 is 9.53 Å². The molecule has 0 spiro atoms. The Morgan fingerprint density at radius 2 is 1.87 bits per heavy atom. The first-order valence-electron chi connectivity index (χ1n) is 10.1.